The third-order valence-electron chi connectivity index (χ3n) is 7.91. The van der Waals surface area contributed by atoms with Crippen LogP contribution in [0.3, 0.4) is 0 Å². The normalized spacial score (nSPS) is 21.1. The van der Waals surface area contributed by atoms with Gasteiger partial charge < -0.3 is 4.74 Å². The molecule has 1 aliphatic carbocycles. The van der Waals surface area contributed by atoms with E-state index in [1.54, 1.807) is 7.11 Å². The van der Waals surface area contributed by atoms with E-state index < -0.39 is 0 Å². The van der Waals surface area contributed by atoms with Gasteiger partial charge in [-0.1, -0.05) is 84.9 Å². The van der Waals surface area contributed by atoms with E-state index in [1.807, 2.05) is 12.1 Å². The number of methoxy groups -OCH3 is 1. The van der Waals surface area contributed by atoms with E-state index in [1.165, 1.54) is 33.5 Å². The summed E-state index contributed by atoms with van der Waals surface area (Å²) in [5.41, 5.74) is 8.52. The second-order valence-corrected chi connectivity index (χ2v) is 9.50. The molecule has 2 heterocycles. The molecule has 0 bridgehead atoms. The Balaban J connectivity index is 1.48. The Bertz CT molecular complexity index is 1420. The lowest BCUT2D eigenvalue weighted by molar-refractivity contribution is 0.415. The number of fused-ring (bicyclic) bond motifs is 2. The maximum absolute atomic E-state index is 5.40. The van der Waals surface area contributed by atoms with Crippen LogP contribution in [0.2, 0.25) is 0 Å². The Morgan fingerprint density at radius 3 is 2.06 bits per heavy atom. The molecule has 3 heteroatoms. The molecule has 0 aromatic heterocycles. The number of hydrogen-bond donors (Lipinski definition) is 0. The maximum Gasteiger partial charge on any atom is 0.118 e. The zero-order valence-corrected chi connectivity index (χ0v) is 19.6. The highest BCUT2D eigenvalue weighted by Crippen LogP contribution is 2.59. The fourth-order valence-corrected chi connectivity index (χ4v) is 6.48. The van der Waals surface area contributed by atoms with Gasteiger partial charge in [-0.15, -0.1) is 0 Å². The van der Waals surface area contributed by atoms with Gasteiger partial charge in [0, 0.05) is 5.92 Å². The largest absolute Gasteiger partial charge is 0.497 e. The summed E-state index contributed by atoms with van der Waals surface area (Å²) in [4.78, 5) is 0. The van der Waals surface area contributed by atoms with Gasteiger partial charge in [-0.3, -0.25) is 5.01 Å². The van der Waals surface area contributed by atoms with Crippen LogP contribution in [-0.2, 0) is 5.41 Å². The second kappa shape index (κ2) is 7.71. The first kappa shape index (κ1) is 20.3. The van der Waals surface area contributed by atoms with Crippen molar-refractivity contribution in [1.29, 1.82) is 0 Å². The summed E-state index contributed by atoms with van der Waals surface area (Å²) in [6.07, 6.45) is 3.48. The fraction of sp³-hybridized carbons (Fsp3) is 0.156. The number of nitrogens with zero attached hydrogens (tertiary/aromatic N) is 2. The van der Waals surface area contributed by atoms with Gasteiger partial charge in [0.25, 0.3) is 0 Å². The van der Waals surface area contributed by atoms with Crippen molar-refractivity contribution in [2.24, 2.45) is 11.0 Å². The topological polar surface area (TPSA) is 24.8 Å². The molecular weight excluding hydrogens is 428 g/mol. The van der Waals surface area contributed by atoms with E-state index in [0.29, 0.717) is 5.92 Å². The van der Waals surface area contributed by atoms with Gasteiger partial charge >= 0.3 is 0 Å². The standard InChI is InChI=1S/C32H26N2O/c1-35-25-18-16-22(17-19-25)30-26-20-21-28-31(26)34(33-30)29-15-9-8-14-27(29)32(28,23-10-4-2-5-11-23)24-12-6-3-7-13-24/h2-19,21,26,31H,20H2,1H3/t26-,31+/m0/s1. The smallest absolute Gasteiger partial charge is 0.118 e. The molecule has 2 atom stereocenters. The molecule has 0 N–H and O–H groups in total. The summed E-state index contributed by atoms with van der Waals surface area (Å²) in [6, 6.07) is 39.4. The van der Waals surface area contributed by atoms with Crippen LogP contribution < -0.4 is 9.75 Å². The van der Waals surface area contributed by atoms with Crippen molar-refractivity contribution < 1.29 is 4.74 Å². The molecule has 0 unspecified atom stereocenters. The van der Waals surface area contributed by atoms with Gasteiger partial charge in [-0.2, -0.15) is 5.10 Å². The molecule has 0 radical (unpaired) electrons. The van der Waals surface area contributed by atoms with Crippen LogP contribution in [0.5, 0.6) is 5.75 Å². The molecule has 7 rings (SSSR count). The molecule has 0 fully saturated rings. The molecule has 170 valence electrons. The summed E-state index contributed by atoms with van der Waals surface area (Å²) in [5, 5.41) is 7.58. The van der Waals surface area contributed by atoms with E-state index in [9.17, 15) is 0 Å². The Kier molecular flexibility index (Phi) is 4.47. The van der Waals surface area contributed by atoms with Gasteiger partial charge in [0.15, 0.2) is 0 Å². The SMILES string of the molecule is COc1ccc(C2=NN3c4ccccc4C(c4ccccc4)(c4ccccc4)C4=CC[C@@H]2[C@H]43)cc1. The number of rotatable bonds is 4. The first-order valence-corrected chi connectivity index (χ1v) is 12.3. The zero-order valence-electron chi connectivity index (χ0n) is 19.6. The summed E-state index contributed by atoms with van der Waals surface area (Å²) in [6.45, 7) is 0. The summed E-state index contributed by atoms with van der Waals surface area (Å²) >= 11 is 0. The van der Waals surface area contributed by atoms with Crippen molar-refractivity contribution >= 4 is 11.4 Å². The van der Waals surface area contributed by atoms with Gasteiger partial charge in [-0.25, -0.2) is 0 Å². The zero-order chi connectivity index (χ0) is 23.4. The quantitative estimate of drug-likeness (QED) is 0.325. The minimum absolute atomic E-state index is 0.197. The van der Waals surface area contributed by atoms with Crippen molar-refractivity contribution in [3.63, 3.8) is 0 Å². The third kappa shape index (κ3) is 2.75. The van der Waals surface area contributed by atoms with Crippen LogP contribution in [0, 0.1) is 5.92 Å². The van der Waals surface area contributed by atoms with Crippen LogP contribution in [0.15, 0.2) is 126 Å². The fourth-order valence-electron chi connectivity index (χ4n) is 6.48. The van der Waals surface area contributed by atoms with Crippen LogP contribution in [-0.4, -0.2) is 18.9 Å². The summed E-state index contributed by atoms with van der Waals surface area (Å²) in [5.74, 6) is 1.19. The minimum atomic E-state index is -0.347. The Morgan fingerprint density at radius 2 is 1.40 bits per heavy atom. The predicted molar refractivity (Wildman–Crippen MR) is 141 cm³/mol. The molecule has 2 aliphatic heterocycles. The van der Waals surface area contributed by atoms with E-state index in [0.717, 1.165) is 17.9 Å². The van der Waals surface area contributed by atoms with Gasteiger partial charge in [0.1, 0.15) is 5.75 Å². The van der Waals surface area contributed by atoms with Gasteiger partial charge in [0.2, 0.25) is 0 Å². The number of anilines is 1. The Hall–Kier alpha value is -4.11. The van der Waals surface area contributed by atoms with Crippen molar-refractivity contribution in [3.8, 4) is 5.75 Å². The van der Waals surface area contributed by atoms with Crippen LogP contribution in [0.1, 0.15) is 28.7 Å². The molecule has 0 saturated carbocycles. The van der Waals surface area contributed by atoms with Crippen molar-refractivity contribution in [1.82, 2.24) is 0 Å². The third-order valence-corrected chi connectivity index (χ3v) is 7.91. The average Bonchev–Trinajstić information content (AvgIpc) is 3.54. The summed E-state index contributed by atoms with van der Waals surface area (Å²) in [7, 11) is 1.71. The average molecular weight is 455 g/mol. The number of ether oxygens (including phenoxy) is 1. The highest BCUT2D eigenvalue weighted by Gasteiger charge is 2.56. The lowest BCUT2D eigenvalue weighted by Crippen LogP contribution is -2.47. The molecular formula is C32H26N2O. The Morgan fingerprint density at radius 1 is 0.771 bits per heavy atom. The predicted octanol–water partition coefficient (Wildman–Crippen LogP) is 6.58. The molecule has 3 nitrogen and oxygen atoms in total. The second-order valence-electron chi connectivity index (χ2n) is 9.50. The van der Waals surface area contributed by atoms with Crippen LogP contribution in [0.4, 0.5) is 5.69 Å². The van der Waals surface area contributed by atoms with Crippen molar-refractivity contribution in [2.45, 2.75) is 17.9 Å². The van der Waals surface area contributed by atoms with Gasteiger partial charge in [-0.05, 0) is 64.6 Å². The van der Waals surface area contributed by atoms with E-state index >= 15 is 0 Å². The lowest BCUT2D eigenvalue weighted by atomic mass is 9.61. The monoisotopic (exact) mass is 454 g/mol. The molecule has 0 spiro atoms. The first-order valence-electron chi connectivity index (χ1n) is 12.3. The number of benzene rings is 4. The molecule has 0 saturated heterocycles. The molecule has 4 aromatic rings. The van der Waals surface area contributed by atoms with Crippen LogP contribution >= 0.6 is 0 Å². The van der Waals surface area contributed by atoms with Crippen LogP contribution in [0.25, 0.3) is 0 Å². The molecule has 0 amide bonds. The van der Waals surface area contributed by atoms with Gasteiger partial charge in [0.05, 0.1) is 30.0 Å². The number of allylic oxidation sites excluding steroid dienone is 1. The number of hydrazone groups is 1. The molecule has 3 aliphatic rings. The highest BCUT2D eigenvalue weighted by atomic mass is 16.5. The maximum atomic E-state index is 5.40. The number of hydrogen-bond acceptors (Lipinski definition) is 3. The lowest BCUT2D eigenvalue weighted by Gasteiger charge is -2.47. The highest BCUT2D eigenvalue weighted by molar-refractivity contribution is 6.06. The summed E-state index contributed by atoms with van der Waals surface area (Å²) < 4.78 is 5.40. The minimum Gasteiger partial charge on any atom is -0.497 e. The number of para-hydroxylation sites is 1. The van der Waals surface area contributed by atoms with E-state index in [2.05, 4.69) is 108 Å². The molecule has 35 heavy (non-hydrogen) atoms. The van der Waals surface area contributed by atoms with Crippen molar-refractivity contribution in [3.05, 3.63) is 143 Å². The Labute approximate surface area is 206 Å². The van der Waals surface area contributed by atoms with E-state index in [-0.39, 0.29) is 11.5 Å². The molecule has 4 aromatic carbocycles. The first-order chi connectivity index (χ1) is 17.3. The van der Waals surface area contributed by atoms with Crippen molar-refractivity contribution in [2.75, 3.05) is 12.1 Å². The van der Waals surface area contributed by atoms with E-state index in [4.69, 9.17) is 9.84 Å².